The number of hydrogen-bond acceptors (Lipinski definition) is 6. The molecule has 0 radical (unpaired) electrons. The second kappa shape index (κ2) is 9.34. The molecule has 0 aliphatic carbocycles. The molecule has 2 aromatic heterocycles. The Hall–Kier alpha value is -1.91. The zero-order valence-corrected chi connectivity index (χ0v) is 16.7. The average molecular weight is 427 g/mol. The zero-order valence-electron chi connectivity index (χ0n) is 14.3. The third-order valence-electron chi connectivity index (χ3n) is 3.53. The van der Waals surface area contributed by atoms with Gasteiger partial charge in [-0.3, -0.25) is 4.79 Å². The van der Waals surface area contributed by atoms with Gasteiger partial charge in [0.25, 0.3) is 5.76 Å². The van der Waals surface area contributed by atoms with E-state index in [-0.39, 0.29) is 11.7 Å². The fraction of sp³-hybridized carbons (Fsp3) is 0.235. The van der Waals surface area contributed by atoms with Crippen molar-refractivity contribution in [3.05, 3.63) is 52.5 Å². The van der Waals surface area contributed by atoms with Gasteiger partial charge in [-0.15, -0.1) is 21.5 Å². The van der Waals surface area contributed by atoms with Crippen LogP contribution in [0.3, 0.4) is 0 Å². The average Bonchev–Trinajstić information content (AvgIpc) is 3.26. The SMILES string of the molecule is Cn1c(Cc2cccs2)nnc1SCC(=O)Nc1ccc(SC(F)F)cc1. The first-order chi connectivity index (χ1) is 13.0. The van der Waals surface area contributed by atoms with E-state index in [0.717, 1.165) is 5.82 Å². The minimum absolute atomic E-state index is 0.179. The smallest absolute Gasteiger partial charge is 0.288 e. The van der Waals surface area contributed by atoms with E-state index >= 15 is 0 Å². The maximum absolute atomic E-state index is 12.3. The van der Waals surface area contributed by atoms with Crippen molar-refractivity contribution in [2.45, 2.75) is 22.2 Å². The normalized spacial score (nSPS) is 11.1. The van der Waals surface area contributed by atoms with Gasteiger partial charge in [-0.2, -0.15) is 8.78 Å². The van der Waals surface area contributed by atoms with Gasteiger partial charge in [0.2, 0.25) is 5.91 Å². The molecule has 10 heteroatoms. The molecule has 0 atom stereocenters. The number of benzene rings is 1. The third-order valence-corrected chi connectivity index (χ3v) is 6.15. The van der Waals surface area contributed by atoms with E-state index in [2.05, 4.69) is 15.5 Å². The molecule has 27 heavy (non-hydrogen) atoms. The second-order valence-corrected chi connectivity index (χ2v) is 8.49. The van der Waals surface area contributed by atoms with E-state index in [0.29, 0.717) is 33.9 Å². The van der Waals surface area contributed by atoms with E-state index in [1.54, 1.807) is 35.6 Å². The summed E-state index contributed by atoms with van der Waals surface area (Å²) in [7, 11) is 1.88. The molecule has 5 nitrogen and oxygen atoms in total. The summed E-state index contributed by atoms with van der Waals surface area (Å²) in [6, 6.07) is 10.4. The molecule has 0 spiro atoms. The number of halogens is 2. The van der Waals surface area contributed by atoms with E-state index in [1.165, 1.54) is 16.6 Å². The van der Waals surface area contributed by atoms with Crippen molar-refractivity contribution in [2.24, 2.45) is 7.05 Å². The van der Waals surface area contributed by atoms with Crippen molar-refractivity contribution < 1.29 is 13.6 Å². The Kier molecular flexibility index (Phi) is 6.86. The summed E-state index contributed by atoms with van der Waals surface area (Å²) in [4.78, 5) is 13.8. The van der Waals surface area contributed by atoms with Crippen molar-refractivity contribution in [2.75, 3.05) is 11.1 Å². The number of hydrogen-bond donors (Lipinski definition) is 1. The van der Waals surface area contributed by atoms with E-state index < -0.39 is 5.76 Å². The highest BCUT2D eigenvalue weighted by Gasteiger charge is 2.13. The minimum atomic E-state index is -2.46. The third kappa shape index (κ3) is 5.78. The van der Waals surface area contributed by atoms with Crippen LogP contribution in [0.1, 0.15) is 10.7 Å². The molecule has 0 bridgehead atoms. The van der Waals surface area contributed by atoms with E-state index in [4.69, 9.17) is 0 Å². The molecule has 0 saturated carbocycles. The molecule has 1 amide bonds. The van der Waals surface area contributed by atoms with Crippen LogP contribution >= 0.6 is 34.9 Å². The number of nitrogens with zero attached hydrogens (tertiary/aromatic N) is 3. The van der Waals surface area contributed by atoms with E-state index in [1.807, 2.05) is 29.1 Å². The number of thiophene rings is 1. The number of amides is 1. The number of thioether (sulfide) groups is 2. The monoisotopic (exact) mass is 426 g/mol. The molecule has 0 aliphatic rings. The van der Waals surface area contributed by atoms with Crippen LogP contribution in [0.5, 0.6) is 0 Å². The van der Waals surface area contributed by atoms with Gasteiger partial charge in [0.15, 0.2) is 5.16 Å². The molecule has 2 heterocycles. The van der Waals surface area contributed by atoms with Gasteiger partial charge in [0.1, 0.15) is 5.82 Å². The fourth-order valence-electron chi connectivity index (χ4n) is 2.24. The van der Waals surface area contributed by atoms with Gasteiger partial charge in [0.05, 0.1) is 5.75 Å². The summed E-state index contributed by atoms with van der Waals surface area (Å²) >= 11 is 3.43. The van der Waals surface area contributed by atoms with Crippen LogP contribution in [0, 0.1) is 0 Å². The number of alkyl halides is 2. The van der Waals surface area contributed by atoms with Gasteiger partial charge in [0, 0.05) is 28.9 Å². The van der Waals surface area contributed by atoms with Crippen molar-refractivity contribution in [3.63, 3.8) is 0 Å². The Morgan fingerprint density at radius 2 is 2.04 bits per heavy atom. The lowest BCUT2D eigenvalue weighted by Crippen LogP contribution is -2.14. The van der Waals surface area contributed by atoms with Crippen LogP contribution in [-0.2, 0) is 18.3 Å². The van der Waals surface area contributed by atoms with Crippen LogP contribution < -0.4 is 5.32 Å². The predicted octanol–water partition coefficient (Wildman–Crippen LogP) is 4.51. The molecular formula is C17H16F2N4OS3. The van der Waals surface area contributed by atoms with Crippen LogP contribution in [-0.4, -0.2) is 32.2 Å². The Bertz CT molecular complexity index is 882. The highest BCUT2D eigenvalue weighted by atomic mass is 32.2. The summed E-state index contributed by atoms with van der Waals surface area (Å²) in [6.45, 7) is 0. The summed E-state index contributed by atoms with van der Waals surface area (Å²) < 4.78 is 26.5. The van der Waals surface area contributed by atoms with Crippen molar-refractivity contribution in [3.8, 4) is 0 Å². The summed E-state index contributed by atoms with van der Waals surface area (Å²) in [5.41, 5.74) is 0.565. The molecule has 3 rings (SSSR count). The zero-order chi connectivity index (χ0) is 19.2. The summed E-state index contributed by atoms with van der Waals surface area (Å²) in [5.74, 6) is -1.64. The Morgan fingerprint density at radius 3 is 2.70 bits per heavy atom. The predicted molar refractivity (Wildman–Crippen MR) is 106 cm³/mol. The summed E-state index contributed by atoms with van der Waals surface area (Å²) in [6.07, 6.45) is 0.705. The molecule has 1 aromatic carbocycles. The van der Waals surface area contributed by atoms with Crippen LogP contribution in [0.25, 0.3) is 0 Å². The molecule has 0 aliphatic heterocycles. The second-order valence-electron chi connectivity index (χ2n) is 5.45. The first kappa shape index (κ1) is 19.8. The Labute approximate surface area is 167 Å². The van der Waals surface area contributed by atoms with Crippen LogP contribution in [0.2, 0.25) is 0 Å². The maximum Gasteiger partial charge on any atom is 0.288 e. The lowest BCUT2D eigenvalue weighted by Gasteiger charge is -2.06. The lowest BCUT2D eigenvalue weighted by molar-refractivity contribution is -0.113. The Morgan fingerprint density at radius 1 is 1.26 bits per heavy atom. The van der Waals surface area contributed by atoms with Gasteiger partial charge in [-0.25, -0.2) is 0 Å². The van der Waals surface area contributed by atoms with Crippen LogP contribution in [0.15, 0.2) is 51.8 Å². The van der Waals surface area contributed by atoms with Crippen molar-refractivity contribution in [1.29, 1.82) is 0 Å². The van der Waals surface area contributed by atoms with Crippen molar-refractivity contribution in [1.82, 2.24) is 14.8 Å². The number of anilines is 1. The molecular weight excluding hydrogens is 410 g/mol. The first-order valence-electron chi connectivity index (χ1n) is 7.89. The highest BCUT2D eigenvalue weighted by Crippen LogP contribution is 2.26. The van der Waals surface area contributed by atoms with Gasteiger partial charge in [-0.1, -0.05) is 29.6 Å². The molecule has 0 saturated heterocycles. The van der Waals surface area contributed by atoms with Crippen molar-refractivity contribution >= 4 is 46.5 Å². The fourth-order valence-corrected chi connectivity index (χ4v) is 4.17. The van der Waals surface area contributed by atoms with E-state index in [9.17, 15) is 13.6 Å². The van der Waals surface area contributed by atoms with Gasteiger partial charge in [-0.05, 0) is 35.7 Å². The number of aromatic nitrogens is 3. The first-order valence-corrected chi connectivity index (χ1v) is 10.6. The minimum Gasteiger partial charge on any atom is -0.325 e. The number of carbonyl (C=O) groups is 1. The molecule has 0 unspecified atom stereocenters. The maximum atomic E-state index is 12.3. The molecule has 1 N–H and O–H groups in total. The van der Waals surface area contributed by atoms with Crippen LogP contribution in [0.4, 0.5) is 14.5 Å². The molecule has 142 valence electrons. The standard InChI is InChI=1S/C17H16F2N4OS3/c1-23-14(9-13-3-2-8-25-13)21-22-17(23)26-10-15(24)20-11-4-6-12(7-5-11)27-16(18)19/h2-8,16H,9-10H2,1H3,(H,20,24). The quantitative estimate of drug-likeness (QED) is 0.537. The highest BCUT2D eigenvalue weighted by molar-refractivity contribution is 8.00. The lowest BCUT2D eigenvalue weighted by atomic mass is 10.3. The number of nitrogens with one attached hydrogen (secondary N) is 1. The molecule has 0 fully saturated rings. The number of carbonyl (C=O) groups excluding carboxylic acids is 1. The topological polar surface area (TPSA) is 59.8 Å². The largest absolute Gasteiger partial charge is 0.325 e. The summed E-state index contributed by atoms with van der Waals surface area (Å²) in [5, 5.41) is 13.8. The van der Waals surface area contributed by atoms with Gasteiger partial charge >= 0.3 is 0 Å². The van der Waals surface area contributed by atoms with Gasteiger partial charge < -0.3 is 9.88 Å². The Balaban J connectivity index is 1.51. The number of rotatable bonds is 8. The molecule has 3 aromatic rings.